The number of hydrogen-bond donors (Lipinski definition) is 0. The zero-order valence-electron chi connectivity index (χ0n) is 33.1. The second kappa shape index (κ2) is 12.9. The molecule has 1 aliphatic carbocycles. The number of hydrogen-bond acceptors (Lipinski definition) is 0. The van der Waals surface area contributed by atoms with Crippen LogP contribution in [0.4, 0.5) is 0 Å². The maximum atomic E-state index is 2.47. The minimum Gasteiger partial charge on any atom is -0.0616 e. The summed E-state index contributed by atoms with van der Waals surface area (Å²) in [5.41, 5.74) is 15.4. The molecule has 0 N–H and O–H groups in total. The zero-order valence-corrected chi connectivity index (χ0v) is 33.1. The Hall–Kier alpha value is -7.28. The Morgan fingerprint density at radius 2 is 0.729 bits per heavy atom. The molecule has 11 aromatic carbocycles. The lowest BCUT2D eigenvalue weighted by atomic mass is 9.79. The van der Waals surface area contributed by atoms with Crippen molar-refractivity contribution in [3.63, 3.8) is 0 Å². The Bertz CT molecular complexity index is 3460. The van der Waals surface area contributed by atoms with Crippen molar-refractivity contribution in [3.8, 4) is 55.6 Å². The van der Waals surface area contributed by atoms with Crippen molar-refractivity contribution in [2.75, 3.05) is 0 Å². The highest BCUT2D eigenvalue weighted by molar-refractivity contribution is 6.23. The SMILES string of the molecule is CC1(C)c2ccc(-c3cccc(-c4c5ccccc5c(-c5ccccc5-c5cccc6ccccc56)c5ccccc45)c3)cc2-c2c1c1ccccc1c1ccccc21. The van der Waals surface area contributed by atoms with Crippen molar-refractivity contribution in [1.29, 1.82) is 0 Å². The predicted molar refractivity (Wildman–Crippen MR) is 253 cm³/mol. The molecule has 0 aliphatic heterocycles. The zero-order chi connectivity index (χ0) is 39.2. The van der Waals surface area contributed by atoms with Gasteiger partial charge in [-0.25, -0.2) is 0 Å². The molecule has 0 radical (unpaired) electrons. The van der Waals surface area contributed by atoms with E-state index in [0.29, 0.717) is 0 Å². The minimum atomic E-state index is -0.125. The first-order valence-electron chi connectivity index (χ1n) is 20.8. The van der Waals surface area contributed by atoms with E-state index in [4.69, 9.17) is 0 Å². The maximum absolute atomic E-state index is 2.47. The van der Waals surface area contributed by atoms with E-state index in [1.807, 2.05) is 0 Å². The van der Waals surface area contributed by atoms with E-state index in [-0.39, 0.29) is 5.41 Å². The number of rotatable bonds is 4. The molecule has 11 aromatic rings. The Morgan fingerprint density at radius 3 is 1.42 bits per heavy atom. The molecule has 0 heterocycles. The van der Waals surface area contributed by atoms with E-state index < -0.39 is 0 Å². The standard InChI is InChI=1S/C59H40/c1-59(2)54-34-33-39(36-53(54)57-47-26-9-6-23-44(47)45-24-7-14-31-52(45)58(57)59)38-19-15-20-40(35-38)55-48-27-10-12-29-50(48)56(51-30-13-11-28-49(51)55)46-25-8-5-22-43(46)42-32-16-18-37-17-3-4-21-41(37)42/h3-36H,1-2H3. The fourth-order valence-corrected chi connectivity index (χ4v) is 10.7. The first-order valence-corrected chi connectivity index (χ1v) is 20.8. The number of fused-ring (bicyclic) bond motifs is 11. The van der Waals surface area contributed by atoms with Crippen LogP contribution in [-0.4, -0.2) is 0 Å². The fourth-order valence-electron chi connectivity index (χ4n) is 10.7. The van der Waals surface area contributed by atoms with E-state index in [2.05, 4.69) is 220 Å². The molecule has 0 bridgehead atoms. The van der Waals surface area contributed by atoms with Crippen LogP contribution in [0, 0.1) is 0 Å². The molecule has 0 heteroatoms. The van der Waals surface area contributed by atoms with Crippen LogP contribution in [0.25, 0.3) is 109 Å². The Kier molecular flexibility index (Phi) is 7.38. The third kappa shape index (κ3) is 4.96. The predicted octanol–water partition coefficient (Wildman–Crippen LogP) is 16.4. The van der Waals surface area contributed by atoms with Gasteiger partial charge in [-0.2, -0.15) is 0 Å². The summed E-state index contributed by atoms with van der Waals surface area (Å²) in [4.78, 5) is 0. The van der Waals surface area contributed by atoms with Crippen LogP contribution in [0.5, 0.6) is 0 Å². The summed E-state index contributed by atoms with van der Waals surface area (Å²) in [7, 11) is 0. The molecule has 0 spiro atoms. The lowest BCUT2D eigenvalue weighted by Crippen LogP contribution is -2.15. The largest absolute Gasteiger partial charge is 0.0616 e. The highest BCUT2D eigenvalue weighted by Crippen LogP contribution is 2.55. The second-order valence-electron chi connectivity index (χ2n) is 16.7. The van der Waals surface area contributed by atoms with Gasteiger partial charge in [0.15, 0.2) is 0 Å². The molecular formula is C59H40. The molecular weight excluding hydrogens is 709 g/mol. The summed E-state index contributed by atoms with van der Waals surface area (Å²) in [5.74, 6) is 0. The van der Waals surface area contributed by atoms with Crippen LogP contribution in [-0.2, 0) is 5.41 Å². The Morgan fingerprint density at radius 1 is 0.271 bits per heavy atom. The van der Waals surface area contributed by atoms with Gasteiger partial charge in [-0.05, 0) is 133 Å². The molecule has 0 aromatic heterocycles. The van der Waals surface area contributed by atoms with Crippen molar-refractivity contribution in [1.82, 2.24) is 0 Å². The summed E-state index contributed by atoms with van der Waals surface area (Å²) in [6, 6.07) is 76.8. The van der Waals surface area contributed by atoms with E-state index in [0.717, 1.165) is 0 Å². The maximum Gasteiger partial charge on any atom is 0.0165 e. The molecule has 59 heavy (non-hydrogen) atoms. The molecule has 0 nitrogen and oxygen atoms in total. The van der Waals surface area contributed by atoms with Crippen LogP contribution in [0.2, 0.25) is 0 Å². The number of benzene rings is 11. The van der Waals surface area contributed by atoms with Crippen LogP contribution in [0.15, 0.2) is 206 Å². The molecule has 0 atom stereocenters. The summed E-state index contributed by atoms with van der Waals surface area (Å²) in [6.07, 6.45) is 0. The summed E-state index contributed by atoms with van der Waals surface area (Å²) in [5, 5.41) is 12.9. The first-order chi connectivity index (χ1) is 29.1. The van der Waals surface area contributed by atoms with Crippen LogP contribution >= 0.6 is 0 Å². The van der Waals surface area contributed by atoms with E-state index in [9.17, 15) is 0 Å². The monoisotopic (exact) mass is 748 g/mol. The van der Waals surface area contributed by atoms with Gasteiger partial charge < -0.3 is 0 Å². The van der Waals surface area contributed by atoms with Crippen LogP contribution in [0.1, 0.15) is 25.0 Å². The normalized spacial score (nSPS) is 13.1. The lowest BCUT2D eigenvalue weighted by molar-refractivity contribution is 0.666. The first kappa shape index (κ1) is 33.8. The fraction of sp³-hybridized carbons (Fsp3) is 0.0508. The van der Waals surface area contributed by atoms with Crippen LogP contribution < -0.4 is 0 Å². The average Bonchev–Trinajstić information content (AvgIpc) is 3.54. The third-order valence-electron chi connectivity index (χ3n) is 13.2. The molecule has 0 amide bonds. The van der Waals surface area contributed by atoms with Gasteiger partial charge >= 0.3 is 0 Å². The molecule has 12 rings (SSSR count). The summed E-state index contributed by atoms with van der Waals surface area (Å²) >= 11 is 0. The van der Waals surface area contributed by atoms with Crippen molar-refractivity contribution in [3.05, 3.63) is 217 Å². The van der Waals surface area contributed by atoms with Gasteiger partial charge in [0.05, 0.1) is 0 Å². The topological polar surface area (TPSA) is 0 Å². The molecule has 1 aliphatic rings. The van der Waals surface area contributed by atoms with Gasteiger partial charge in [0.1, 0.15) is 0 Å². The third-order valence-corrected chi connectivity index (χ3v) is 13.2. The van der Waals surface area contributed by atoms with E-state index in [1.54, 1.807) is 0 Å². The molecule has 0 saturated carbocycles. The van der Waals surface area contributed by atoms with Crippen molar-refractivity contribution in [2.45, 2.75) is 19.3 Å². The minimum absolute atomic E-state index is 0.125. The highest BCUT2D eigenvalue weighted by Gasteiger charge is 2.38. The van der Waals surface area contributed by atoms with Gasteiger partial charge in [0.25, 0.3) is 0 Å². The van der Waals surface area contributed by atoms with Gasteiger partial charge in [-0.1, -0.05) is 208 Å². The Balaban J connectivity index is 1.06. The molecule has 0 saturated heterocycles. The smallest absolute Gasteiger partial charge is 0.0165 e. The average molecular weight is 749 g/mol. The molecule has 0 fully saturated rings. The quantitative estimate of drug-likeness (QED) is 0.124. The summed E-state index contributed by atoms with van der Waals surface area (Å²) < 4.78 is 0. The van der Waals surface area contributed by atoms with Gasteiger partial charge in [-0.15, -0.1) is 0 Å². The molecule has 0 unspecified atom stereocenters. The lowest BCUT2D eigenvalue weighted by Gasteiger charge is -2.24. The van der Waals surface area contributed by atoms with Crippen molar-refractivity contribution >= 4 is 53.9 Å². The van der Waals surface area contributed by atoms with E-state index >= 15 is 0 Å². The second-order valence-corrected chi connectivity index (χ2v) is 16.7. The van der Waals surface area contributed by atoms with Crippen molar-refractivity contribution < 1.29 is 0 Å². The van der Waals surface area contributed by atoms with E-state index in [1.165, 1.54) is 121 Å². The molecule has 276 valence electrons. The van der Waals surface area contributed by atoms with Crippen LogP contribution in [0.3, 0.4) is 0 Å². The highest BCUT2D eigenvalue weighted by atomic mass is 14.4. The van der Waals surface area contributed by atoms with Gasteiger partial charge in [0.2, 0.25) is 0 Å². The van der Waals surface area contributed by atoms with Gasteiger partial charge in [-0.3, -0.25) is 0 Å². The van der Waals surface area contributed by atoms with Gasteiger partial charge in [0, 0.05) is 5.41 Å². The van der Waals surface area contributed by atoms with Crippen molar-refractivity contribution in [2.24, 2.45) is 0 Å². The summed E-state index contributed by atoms with van der Waals surface area (Å²) in [6.45, 7) is 4.80. The Labute approximate surface area is 344 Å².